The summed E-state index contributed by atoms with van der Waals surface area (Å²) in [6.07, 6.45) is 3.05. The Morgan fingerprint density at radius 1 is 1.37 bits per heavy atom. The molecule has 0 aromatic carbocycles. The van der Waals surface area contributed by atoms with Crippen molar-refractivity contribution in [2.45, 2.75) is 32.7 Å². The van der Waals surface area contributed by atoms with Crippen molar-refractivity contribution in [3.8, 4) is 0 Å². The van der Waals surface area contributed by atoms with E-state index in [0.29, 0.717) is 5.69 Å². The smallest absolute Gasteiger partial charge is 0.357 e. The van der Waals surface area contributed by atoms with Crippen LogP contribution >= 0.6 is 0 Å². The largest absolute Gasteiger partial charge is 0.451 e. The summed E-state index contributed by atoms with van der Waals surface area (Å²) in [5.41, 5.74) is 6.05. The van der Waals surface area contributed by atoms with Gasteiger partial charge in [-0.3, -0.25) is 4.79 Å². The summed E-state index contributed by atoms with van der Waals surface area (Å²) < 4.78 is 4.87. The Morgan fingerprint density at radius 2 is 2.05 bits per heavy atom. The first-order valence-electron chi connectivity index (χ1n) is 6.24. The summed E-state index contributed by atoms with van der Waals surface area (Å²) in [6.45, 7) is 3.67. The van der Waals surface area contributed by atoms with Crippen molar-refractivity contribution in [1.29, 1.82) is 0 Å². The van der Waals surface area contributed by atoms with Gasteiger partial charge in [-0.2, -0.15) is 0 Å². The average molecular weight is 265 g/mol. The number of nitrogens with zero attached hydrogens (tertiary/aromatic N) is 1. The second kappa shape index (κ2) is 7.35. The van der Waals surface area contributed by atoms with E-state index in [1.807, 2.05) is 13.8 Å². The Bertz CT molecular complexity index is 427. The molecule has 0 aliphatic carbocycles. The third-order valence-electron chi connectivity index (χ3n) is 2.68. The highest BCUT2D eigenvalue weighted by atomic mass is 16.5. The summed E-state index contributed by atoms with van der Waals surface area (Å²) in [6, 6.07) is 3.12. The van der Waals surface area contributed by atoms with Gasteiger partial charge in [0.15, 0.2) is 6.61 Å². The van der Waals surface area contributed by atoms with Crippen molar-refractivity contribution in [2.75, 3.05) is 12.3 Å². The van der Waals surface area contributed by atoms with Crippen molar-refractivity contribution in [2.24, 2.45) is 0 Å². The Kier molecular flexibility index (Phi) is 5.78. The number of ether oxygens (including phenoxy) is 1. The summed E-state index contributed by atoms with van der Waals surface area (Å²) >= 11 is 0. The van der Waals surface area contributed by atoms with Crippen LogP contribution in [0, 0.1) is 0 Å². The number of pyridine rings is 1. The van der Waals surface area contributed by atoms with Crippen molar-refractivity contribution in [1.82, 2.24) is 10.3 Å². The first-order valence-corrected chi connectivity index (χ1v) is 6.24. The Balaban J connectivity index is 2.41. The first kappa shape index (κ1) is 14.9. The van der Waals surface area contributed by atoms with E-state index in [1.165, 1.54) is 12.3 Å². The molecule has 1 rings (SSSR count). The highest BCUT2D eigenvalue weighted by Gasteiger charge is 2.13. The van der Waals surface area contributed by atoms with Crippen molar-refractivity contribution < 1.29 is 14.3 Å². The molecule has 0 aliphatic rings. The van der Waals surface area contributed by atoms with Crippen LogP contribution in [0.25, 0.3) is 0 Å². The van der Waals surface area contributed by atoms with E-state index in [0.717, 1.165) is 12.8 Å². The van der Waals surface area contributed by atoms with E-state index in [-0.39, 0.29) is 24.2 Å². The fourth-order valence-electron chi connectivity index (χ4n) is 1.49. The van der Waals surface area contributed by atoms with E-state index in [2.05, 4.69) is 10.3 Å². The Labute approximate surface area is 112 Å². The Morgan fingerprint density at radius 3 is 2.58 bits per heavy atom. The number of aromatic nitrogens is 1. The zero-order valence-corrected chi connectivity index (χ0v) is 11.2. The number of nitrogens with two attached hydrogens (primary N) is 1. The molecule has 6 nitrogen and oxygen atoms in total. The van der Waals surface area contributed by atoms with Gasteiger partial charge in [-0.1, -0.05) is 13.8 Å². The van der Waals surface area contributed by atoms with Gasteiger partial charge < -0.3 is 15.8 Å². The Hall–Kier alpha value is -2.11. The second-order valence-electron chi connectivity index (χ2n) is 4.13. The van der Waals surface area contributed by atoms with Gasteiger partial charge in [0.2, 0.25) is 0 Å². The van der Waals surface area contributed by atoms with E-state index in [4.69, 9.17) is 10.5 Å². The third kappa shape index (κ3) is 4.95. The van der Waals surface area contributed by atoms with Crippen LogP contribution in [0.1, 0.15) is 37.2 Å². The lowest BCUT2D eigenvalue weighted by atomic mass is 10.2. The van der Waals surface area contributed by atoms with Crippen molar-refractivity contribution in [3.63, 3.8) is 0 Å². The molecule has 6 heteroatoms. The molecular formula is C13H19N3O3. The van der Waals surface area contributed by atoms with Crippen LogP contribution in [0.4, 0.5) is 5.69 Å². The predicted octanol–water partition coefficient (Wildman–Crippen LogP) is 1.13. The molecule has 19 heavy (non-hydrogen) atoms. The van der Waals surface area contributed by atoms with Crippen LogP contribution in [0.2, 0.25) is 0 Å². The van der Waals surface area contributed by atoms with Crippen molar-refractivity contribution >= 4 is 17.6 Å². The summed E-state index contributed by atoms with van der Waals surface area (Å²) in [5.74, 6) is -0.947. The number of hydrogen-bond donors (Lipinski definition) is 2. The number of carbonyl (C=O) groups is 2. The zero-order chi connectivity index (χ0) is 14.3. The number of carbonyl (C=O) groups excluding carboxylic acids is 2. The molecule has 0 spiro atoms. The monoisotopic (exact) mass is 265 g/mol. The minimum atomic E-state index is -0.639. The van der Waals surface area contributed by atoms with E-state index in [1.54, 1.807) is 6.07 Å². The predicted molar refractivity (Wildman–Crippen MR) is 71.4 cm³/mol. The first-order chi connectivity index (χ1) is 9.06. The molecule has 0 saturated carbocycles. The van der Waals surface area contributed by atoms with Gasteiger partial charge in [0.25, 0.3) is 5.91 Å². The highest BCUT2D eigenvalue weighted by Crippen LogP contribution is 2.03. The van der Waals surface area contributed by atoms with Crippen LogP contribution in [-0.4, -0.2) is 29.5 Å². The molecule has 0 unspecified atom stereocenters. The zero-order valence-electron chi connectivity index (χ0n) is 11.2. The fourth-order valence-corrected chi connectivity index (χ4v) is 1.49. The maximum absolute atomic E-state index is 11.6. The standard InChI is InChI=1S/C13H19N3O3/c1-3-10(4-2)16-12(17)8-19-13(18)11-6-5-9(14)7-15-11/h5-7,10H,3-4,8,14H2,1-2H3,(H,16,17). The fraction of sp³-hybridized carbons (Fsp3) is 0.462. The molecule has 1 amide bonds. The van der Waals surface area contributed by atoms with Crippen LogP contribution in [0.15, 0.2) is 18.3 Å². The number of esters is 1. The molecule has 0 radical (unpaired) electrons. The van der Waals surface area contributed by atoms with Gasteiger partial charge in [-0.25, -0.2) is 9.78 Å². The molecule has 104 valence electrons. The number of nitrogen functional groups attached to an aromatic ring is 1. The maximum atomic E-state index is 11.6. The SMILES string of the molecule is CCC(CC)NC(=O)COC(=O)c1ccc(N)cn1. The number of hydrogen-bond acceptors (Lipinski definition) is 5. The lowest BCUT2D eigenvalue weighted by molar-refractivity contribution is -0.125. The summed E-state index contributed by atoms with van der Waals surface area (Å²) in [4.78, 5) is 26.9. The van der Waals surface area contributed by atoms with E-state index >= 15 is 0 Å². The van der Waals surface area contributed by atoms with Crippen molar-refractivity contribution in [3.05, 3.63) is 24.0 Å². The second-order valence-corrected chi connectivity index (χ2v) is 4.13. The van der Waals surface area contributed by atoms with Gasteiger partial charge >= 0.3 is 5.97 Å². The number of amides is 1. The lowest BCUT2D eigenvalue weighted by Gasteiger charge is -2.14. The molecule has 3 N–H and O–H groups in total. The normalized spacial score (nSPS) is 10.3. The maximum Gasteiger partial charge on any atom is 0.357 e. The third-order valence-corrected chi connectivity index (χ3v) is 2.68. The molecule has 1 aromatic heterocycles. The molecule has 0 fully saturated rings. The van der Waals surface area contributed by atoms with Gasteiger partial charge in [-0.05, 0) is 25.0 Å². The number of nitrogens with one attached hydrogen (secondary N) is 1. The molecule has 1 aromatic rings. The van der Waals surface area contributed by atoms with E-state index < -0.39 is 5.97 Å². The molecule has 0 aliphatic heterocycles. The lowest BCUT2D eigenvalue weighted by Crippen LogP contribution is -2.36. The van der Waals surface area contributed by atoms with E-state index in [9.17, 15) is 9.59 Å². The van der Waals surface area contributed by atoms with Crippen LogP contribution in [-0.2, 0) is 9.53 Å². The molecule has 1 heterocycles. The molecular weight excluding hydrogens is 246 g/mol. The van der Waals surface area contributed by atoms with Crippen LogP contribution in [0.3, 0.4) is 0 Å². The van der Waals surface area contributed by atoms with Gasteiger partial charge in [0.05, 0.1) is 11.9 Å². The quantitative estimate of drug-likeness (QED) is 0.752. The molecule has 0 atom stereocenters. The molecule has 0 bridgehead atoms. The van der Waals surface area contributed by atoms with Gasteiger partial charge in [-0.15, -0.1) is 0 Å². The summed E-state index contributed by atoms with van der Waals surface area (Å²) in [5, 5.41) is 2.78. The minimum Gasteiger partial charge on any atom is -0.451 e. The number of rotatable bonds is 6. The average Bonchev–Trinajstić information content (AvgIpc) is 2.43. The summed E-state index contributed by atoms with van der Waals surface area (Å²) in [7, 11) is 0. The van der Waals surface area contributed by atoms with Gasteiger partial charge in [0.1, 0.15) is 5.69 Å². The molecule has 0 saturated heterocycles. The highest BCUT2D eigenvalue weighted by molar-refractivity contribution is 5.89. The van der Waals surface area contributed by atoms with Gasteiger partial charge in [0, 0.05) is 6.04 Å². The number of anilines is 1. The van der Waals surface area contributed by atoms with Crippen LogP contribution in [0.5, 0.6) is 0 Å². The topological polar surface area (TPSA) is 94.3 Å². The van der Waals surface area contributed by atoms with Crippen LogP contribution < -0.4 is 11.1 Å². The minimum absolute atomic E-state index is 0.112.